The first-order chi connectivity index (χ1) is 17.5. The zero-order chi connectivity index (χ0) is 25.2. The molecule has 0 aliphatic heterocycles. The molecule has 36 heavy (non-hydrogen) atoms. The fourth-order valence-electron chi connectivity index (χ4n) is 5.46. The summed E-state index contributed by atoms with van der Waals surface area (Å²) in [7, 11) is 0. The van der Waals surface area contributed by atoms with Gasteiger partial charge in [0.15, 0.2) is 5.69 Å². The van der Waals surface area contributed by atoms with Gasteiger partial charge in [-0.2, -0.15) is 5.26 Å². The highest BCUT2D eigenvalue weighted by molar-refractivity contribution is 6.09. The van der Waals surface area contributed by atoms with Crippen molar-refractivity contribution in [3.63, 3.8) is 0 Å². The average molecular weight is 468 g/mol. The van der Waals surface area contributed by atoms with Crippen LogP contribution in [0.3, 0.4) is 0 Å². The van der Waals surface area contributed by atoms with Gasteiger partial charge in [-0.05, 0) is 78.6 Å². The lowest BCUT2D eigenvalue weighted by atomic mass is 9.84. The minimum absolute atomic E-state index is 0.407. The fraction of sp³-hybridized carbons (Fsp3) is 0.212. The summed E-state index contributed by atoms with van der Waals surface area (Å²) in [6.45, 7) is 14.1. The number of para-hydroxylation sites is 1. The van der Waals surface area contributed by atoms with E-state index in [0.717, 1.165) is 40.5 Å². The van der Waals surface area contributed by atoms with Crippen molar-refractivity contribution in [1.82, 2.24) is 4.57 Å². The van der Waals surface area contributed by atoms with Crippen LogP contribution in [-0.2, 0) is 0 Å². The molecule has 5 rings (SSSR count). The lowest BCUT2D eigenvalue weighted by molar-refractivity contribution is 0.545. The van der Waals surface area contributed by atoms with Gasteiger partial charge in [-0.25, -0.2) is 4.85 Å². The van der Waals surface area contributed by atoms with E-state index >= 15 is 0 Å². The topological polar surface area (TPSA) is 33.1 Å². The van der Waals surface area contributed by atoms with E-state index in [0.29, 0.717) is 23.1 Å². The minimum Gasteiger partial charge on any atom is -0.309 e. The number of nitrogens with zero attached hydrogens (tertiary/aromatic N) is 3. The van der Waals surface area contributed by atoms with E-state index in [1.807, 2.05) is 25.1 Å². The molecule has 5 aromatic rings. The molecule has 0 radical (unpaired) electrons. The highest BCUT2D eigenvalue weighted by Gasteiger charge is 2.19. The molecule has 0 spiro atoms. The Kier molecular flexibility index (Phi) is 6.32. The summed E-state index contributed by atoms with van der Waals surface area (Å²) in [5.74, 6) is 0.931. The largest absolute Gasteiger partial charge is 0.309 e. The summed E-state index contributed by atoms with van der Waals surface area (Å²) < 4.78 is 2.14. The third-order valence-electron chi connectivity index (χ3n) is 7.46. The Morgan fingerprint density at radius 3 is 2.33 bits per heavy atom. The van der Waals surface area contributed by atoms with Crippen molar-refractivity contribution in [3.05, 3.63) is 119 Å². The second-order valence-electron chi connectivity index (χ2n) is 9.66. The molecule has 1 aromatic heterocycles. The highest BCUT2D eigenvalue weighted by atomic mass is 15.0. The number of hydrogen-bond donors (Lipinski definition) is 0. The molecule has 2 unspecified atom stereocenters. The predicted molar refractivity (Wildman–Crippen MR) is 149 cm³/mol. The molecule has 0 saturated heterocycles. The number of benzene rings is 4. The Morgan fingerprint density at radius 1 is 0.889 bits per heavy atom. The second kappa shape index (κ2) is 9.73. The van der Waals surface area contributed by atoms with Crippen LogP contribution in [0.5, 0.6) is 0 Å². The maximum atomic E-state index is 9.93. The number of hydrogen-bond acceptors (Lipinski definition) is 1. The number of aromatic nitrogens is 1. The van der Waals surface area contributed by atoms with Gasteiger partial charge in [0.25, 0.3) is 0 Å². The van der Waals surface area contributed by atoms with Crippen LogP contribution in [0, 0.1) is 24.8 Å². The van der Waals surface area contributed by atoms with Crippen LogP contribution in [0.25, 0.3) is 32.3 Å². The van der Waals surface area contributed by atoms with Crippen molar-refractivity contribution < 1.29 is 0 Å². The van der Waals surface area contributed by atoms with Gasteiger partial charge >= 0.3 is 0 Å². The monoisotopic (exact) mass is 467 g/mol. The predicted octanol–water partition coefficient (Wildman–Crippen LogP) is 9.20. The van der Waals surface area contributed by atoms with Crippen LogP contribution in [0.2, 0.25) is 0 Å². The summed E-state index contributed by atoms with van der Waals surface area (Å²) in [5.41, 5.74) is 7.57. The van der Waals surface area contributed by atoms with Gasteiger partial charge in [-0.15, -0.1) is 0 Å². The zero-order valence-electron chi connectivity index (χ0n) is 21.0. The van der Waals surface area contributed by atoms with Crippen molar-refractivity contribution in [2.45, 2.75) is 45.4 Å². The van der Waals surface area contributed by atoms with E-state index in [2.05, 4.69) is 96.1 Å². The van der Waals surface area contributed by atoms with Crippen LogP contribution in [0.15, 0.2) is 84.9 Å². The molecule has 3 nitrogen and oxygen atoms in total. The molecule has 0 saturated carbocycles. The molecule has 1 heterocycles. The SMILES string of the molecule is [C-]#[N+]c1cc(-n2c3ccccc3c3cc(C(C)CC(CC)c4ccccc4)ccc32)c(C#N)cc1C. The van der Waals surface area contributed by atoms with Gasteiger partial charge in [0.1, 0.15) is 6.07 Å². The van der Waals surface area contributed by atoms with Crippen molar-refractivity contribution in [2.24, 2.45) is 0 Å². The number of fused-ring (bicyclic) bond motifs is 3. The Hall–Kier alpha value is -4.34. The van der Waals surface area contributed by atoms with E-state index in [9.17, 15) is 5.26 Å². The molecule has 0 amide bonds. The van der Waals surface area contributed by atoms with Gasteiger partial charge < -0.3 is 4.57 Å². The van der Waals surface area contributed by atoms with Crippen LogP contribution in [0.4, 0.5) is 5.69 Å². The molecular weight excluding hydrogens is 438 g/mol. The highest BCUT2D eigenvalue weighted by Crippen LogP contribution is 2.38. The quantitative estimate of drug-likeness (QED) is 0.229. The van der Waals surface area contributed by atoms with E-state index < -0.39 is 0 Å². The van der Waals surface area contributed by atoms with E-state index in [1.54, 1.807) is 0 Å². The van der Waals surface area contributed by atoms with Crippen molar-refractivity contribution >= 4 is 27.5 Å². The maximum absolute atomic E-state index is 9.93. The normalized spacial score (nSPS) is 12.8. The number of rotatable bonds is 6. The van der Waals surface area contributed by atoms with Crippen LogP contribution >= 0.6 is 0 Å². The number of aryl methyl sites for hydroxylation is 1. The van der Waals surface area contributed by atoms with Gasteiger partial charge in [0, 0.05) is 10.8 Å². The van der Waals surface area contributed by atoms with Crippen molar-refractivity contribution in [1.29, 1.82) is 5.26 Å². The standard InChI is InChI=1S/C33H29N3/c1-5-24(25-11-7-6-8-12-25)17-22(2)26-15-16-32-29(19-26)28-13-9-10-14-31(28)36(32)33-20-30(35-4)23(3)18-27(33)21-34/h6-16,18-20,22,24H,5,17H2,1-3H3. The van der Waals surface area contributed by atoms with E-state index in [-0.39, 0.29) is 0 Å². The molecule has 0 aliphatic rings. The van der Waals surface area contributed by atoms with Gasteiger partial charge in [-0.1, -0.05) is 68.4 Å². The third-order valence-corrected chi connectivity index (χ3v) is 7.46. The molecule has 0 N–H and O–H groups in total. The second-order valence-corrected chi connectivity index (χ2v) is 9.66. The van der Waals surface area contributed by atoms with Crippen LogP contribution < -0.4 is 0 Å². The Bertz CT molecular complexity index is 1640. The molecular formula is C33H29N3. The molecule has 0 fully saturated rings. The van der Waals surface area contributed by atoms with Crippen LogP contribution in [0.1, 0.15) is 60.8 Å². The molecule has 176 valence electrons. The molecule has 2 atom stereocenters. The Morgan fingerprint density at radius 2 is 1.61 bits per heavy atom. The lowest BCUT2D eigenvalue weighted by Gasteiger charge is -2.21. The van der Waals surface area contributed by atoms with Crippen molar-refractivity contribution in [2.75, 3.05) is 0 Å². The van der Waals surface area contributed by atoms with E-state index in [4.69, 9.17) is 6.57 Å². The summed E-state index contributed by atoms with van der Waals surface area (Å²) in [5, 5.41) is 12.3. The van der Waals surface area contributed by atoms with Crippen molar-refractivity contribution in [3.8, 4) is 11.8 Å². The average Bonchev–Trinajstić information content (AvgIpc) is 3.25. The lowest BCUT2D eigenvalue weighted by Crippen LogP contribution is -2.04. The third kappa shape index (κ3) is 4.04. The first kappa shape index (κ1) is 23.4. The Balaban J connectivity index is 1.64. The minimum atomic E-state index is 0.407. The molecule has 0 bridgehead atoms. The molecule has 0 aliphatic carbocycles. The Labute approximate surface area is 213 Å². The summed E-state index contributed by atoms with van der Waals surface area (Å²) in [6.07, 6.45) is 2.21. The number of nitriles is 1. The van der Waals surface area contributed by atoms with E-state index in [1.165, 1.54) is 16.5 Å². The van der Waals surface area contributed by atoms with Gasteiger partial charge in [0.2, 0.25) is 0 Å². The van der Waals surface area contributed by atoms with Crippen LogP contribution in [-0.4, -0.2) is 4.57 Å². The van der Waals surface area contributed by atoms with Gasteiger partial charge in [0.05, 0.1) is 28.9 Å². The fourth-order valence-corrected chi connectivity index (χ4v) is 5.46. The first-order valence-electron chi connectivity index (χ1n) is 12.6. The maximum Gasteiger partial charge on any atom is 0.192 e. The first-order valence-corrected chi connectivity index (χ1v) is 12.6. The van der Waals surface area contributed by atoms with Gasteiger partial charge in [-0.3, -0.25) is 0 Å². The summed E-state index contributed by atoms with van der Waals surface area (Å²) in [4.78, 5) is 3.70. The molecule has 3 heteroatoms. The summed E-state index contributed by atoms with van der Waals surface area (Å²) in [6, 6.07) is 31.9. The smallest absolute Gasteiger partial charge is 0.192 e. The zero-order valence-corrected chi connectivity index (χ0v) is 21.0. The molecule has 4 aromatic carbocycles. The summed E-state index contributed by atoms with van der Waals surface area (Å²) >= 11 is 0.